The summed E-state index contributed by atoms with van der Waals surface area (Å²) in [6.07, 6.45) is 3.42. The zero-order valence-electron chi connectivity index (χ0n) is 16.9. The standard InChI is InChI=1S/C21H32N2O4/c1-5-25-18-8-6-16(7-9-18)22-19(24)23(4)17-10-12-21(13-11-17)26-14-20(2,3)15-27-21/h6-9,17H,5,10-15H2,1-4H3,(H,22,24). The van der Waals surface area contributed by atoms with Crippen LogP contribution in [0.25, 0.3) is 0 Å². The highest BCUT2D eigenvalue weighted by molar-refractivity contribution is 5.89. The van der Waals surface area contributed by atoms with Crippen LogP contribution in [0.3, 0.4) is 0 Å². The maximum atomic E-state index is 12.6. The second-order valence-electron chi connectivity index (χ2n) is 8.38. The van der Waals surface area contributed by atoms with Crippen molar-refractivity contribution < 1.29 is 19.0 Å². The minimum atomic E-state index is -0.446. The summed E-state index contributed by atoms with van der Waals surface area (Å²) in [5, 5.41) is 2.96. The second-order valence-corrected chi connectivity index (χ2v) is 8.38. The molecule has 0 aromatic heterocycles. The third-order valence-electron chi connectivity index (χ3n) is 5.45. The Morgan fingerprint density at radius 3 is 2.33 bits per heavy atom. The van der Waals surface area contributed by atoms with E-state index in [4.69, 9.17) is 14.2 Å². The van der Waals surface area contributed by atoms with Gasteiger partial charge in [0.2, 0.25) is 0 Å². The lowest BCUT2D eigenvalue weighted by Gasteiger charge is -2.47. The molecule has 1 heterocycles. The molecule has 0 unspecified atom stereocenters. The zero-order valence-corrected chi connectivity index (χ0v) is 16.9. The van der Waals surface area contributed by atoms with E-state index in [1.807, 2.05) is 38.2 Å². The summed E-state index contributed by atoms with van der Waals surface area (Å²) in [6, 6.07) is 7.55. The van der Waals surface area contributed by atoms with Gasteiger partial charge in [-0.05, 0) is 44.0 Å². The first kappa shape index (κ1) is 20.0. The van der Waals surface area contributed by atoms with Crippen molar-refractivity contribution in [3.05, 3.63) is 24.3 Å². The van der Waals surface area contributed by atoms with Crippen molar-refractivity contribution in [3.63, 3.8) is 0 Å². The van der Waals surface area contributed by atoms with E-state index in [0.717, 1.165) is 50.3 Å². The number of carbonyl (C=O) groups is 1. The van der Waals surface area contributed by atoms with Gasteiger partial charge in [0.15, 0.2) is 5.79 Å². The molecule has 1 aliphatic heterocycles. The average Bonchev–Trinajstić information content (AvgIpc) is 2.66. The number of ether oxygens (including phenoxy) is 3. The number of nitrogens with zero attached hydrogens (tertiary/aromatic N) is 1. The number of hydrogen-bond acceptors (Lipinski definition) is 4. The molecule has 0 atom stereocenters. The van der Waals surface area contributed by atoms with Gasteiger partial charge in [-0.3, -0.25) is 0 Å². The topological polar surface area (TPSA) is 60.0 Å². The van der Waals surface area contributed by atoms with Gasteiger partial charge in [0.25, 0.3) is 0 Å². The van der Waals surface area contributed by atoms with Crippen LogP contribution in [0.5, 0.6) is 5.75 Å². The highest BCUT2D eigenvalue weighted by Gasteiger charge is 2.44. The summed E-state index contributed by atoms with van der Waals surface area (Å²) >= 11 is 0. The van der Waals surface area contributed by atoms with Crippen LogP contribution in [-0.4, -0.2) is 49.6 Å². The van der Waals surface area contributed by atoms with Crippen molar-refractivity contribution >= 4 is 11.7 Å². The molecule has 1 N–H and O–H groups in total. The molecule has 1 saturated heterocycles. The Morgan fingerprint density at radius 1 is 1.19 bits per heavy atom. The van der Waals surface area contributed by atoms with Gasteiger partial charge in [-0.15, -0.1) is 0 Å². The summed E-state index contributed by atoms with van der Waals surface area (Å²) in [7, 11) is 1.86. The molecular formula is C21H32N2O4. The minimum Gasteiger partial charge on any atom is -0.494 e. The van der Waals surface area contributed by atoms with Gasteiger partial charge in [0, 0.05) is 37.0 Å². The maximum Gasteiger partial charge on any atom is 0.321 e. The van der Waals surface area contributed by atoms with Crippen LogP contribution in [0.1, 0.15) is 46.5 Å². The number of carbonyl (C=O) groups excluding carboxylic acids is 1. The molecule has 1 saturated carbocycles. The summed E-state index contributed by atoms with van der Waals surface area (Å²) in [5.41, 5.74) is 0.847. The molecular weight excluding hydrogens is 344 g/mol. The lowest BCUT2D eigenvalue weighted by Crippen LogP contribution is -2.52. The third kappa shape index (κ3) is 4.93. The predicted octanol–water partition coefficient (Wildman–Crippen LogP) is 4.26. The highest BCUT2D eigenvalue weighted by Crippen LogP contribution is 2.40. The fourth-order valence-electron chi connectivity index (χ4n) is 3.63. The van der Waals surface area contributed by atoms with Crippen molar-refractivity contribution in [2.45, 2.75) is 58.3 Å². The Hall–Kier alpha value is -1.79. The first-order chi connectivity index (χ1) is 12.8. The molecule has 3 rings (SSSR count). The van der Waals surface area contributed by atoms with Gasteiger partial charge < -0.3 is 24.4 Å². The van der Waals surface area contributed by atoms with E-state index in [1.54, 1.807) is 4.90 Å². The molecule has 27 heavy (non-hydrogen) atoms. The van der Waals surface area contributed by atoms with Crippen LogP contribution in [-0.2, 0) is 9.47 Å². The number of benzene rings is 1. The molecule has 1 spiro atoms. The van der Waals surface area contributed by atoms with E-state index >= 15 is 0 Å². The fraction of sp³-hybridized carbons (Fsp3) is 0.667. The smallest absolute Gasteiger partial charge is 0.321 e. The van der Waals surface area contributed by atoms with E-state index < -0.39 is 5.79 Å². The molecule has 2 fully saturated rings. The minimum absolute atomic E-state index is 0.0799. The van der Waals surface area contributed by atoms with Crippen molar-refractivity contribution in [1.82, 2.24) is 4.90 Å². The molecule has 1 aromatic rings. The Bertz CT molecular complexity index is 624. The van der Waals surface area contributed by atoms with E-state index in [-0.39, 0.29) is 17.5 Å². The number of amides is 2. The summed E-state index contributed by atoms with van der Waals surface area (Å²) < 4.78 is 17.6. The van der Waals surface area contributed by atoms with E-state index in [1.165, 1.54) is 0 Å². The van der Waals surface area contributed by atoms with Gasteiger partial charge in [0.05, 0.1) is 19.8 Å². The maximum absolute atomic E-state index is 12.6. The molecule has 1 aliphatic carbocycles. The van der Waals surface area contributed by atoms with Crippen molar-refractivity contribution in [2.24, 2.45) is 5.41 Å². The molecule has 2 amide bonds. The average molecular weight is 376 g/mol. The van der Waals surface area contributed by atoms with Gasteiger partial charge in [-0.25, -0.2) is 4.79 Å². The van der Waals surface area contributed by atoms with Crippen LogP contribution in [0, 0.1) is 5.41 Å². The van der Waals surface area contributed by atoms with E-state index in [0.29, 0.717) is 6.61 Å². The number of hydrogen-bond donors (Lipinski definition) is 1. The summed E-state index contributed by atoms with van der Waals surface area (Å²) in [5.74, 6) is 0.357. The Morgan fingerprint density at radius 2 is 1.78 bits per heavy atom. The van der Waals surface area contributed by atoms with Crippen molar-refractivity contribution in [1.29, 1.82) is 0 Å². The first-order valence-electron chi connectivity index (χ1n) is 9.87. The van der Waals surface area contributed by atoms with E-state index in [2.05, 4.69) is 19.2 Å². The second kappa shape index (κ2) is 8.07. The fourth-order valence-corrected chi connectivity index (χ4v) is 3.63. The van der Waals surface area contributed by atoms with Gasteiger partial charge >= 0.3 is 6.03 Å². The predicted molar refractivity (Wildman–Crippen MR) is 105 cm³/mol. The summed E-state index contributed by atoms with van der Waals surface area (Å²) in [6.45, 7) is 8.35. The lowest BCUT2D eigenvalue weighted by molar-refractivity contribution is -0.312. The Kier molecular flexibility index (Phi) is 5.96. The van der Waals surface area contributed by atoms with Crippen LogP contribution < -0.4 is 10.1 Å². The molecule has 0 bridgehead atoms. The van der Waals surface area contributed by atoms with Crippen LogP contribution in [0.2, 0.25) is 0 Å². The first-order valence-corrected chi connectivity index (χ1v) is 9.87. The summed E-state index contributed by atoms with van der Waals surface area (Å²) in [4.78, 5) is 14.4. The number of rotatable bonds is 4. The van der Waals surface area contributed by atoms with Gasteiger partial charge in [-0.1, -0.05) is 13.8 Å². The van der Waals surface area contributed by atoms with Crippen LogP contribution >= 0.6 is 0 Å². The monoisotopic (exact) mass is 376 g/mol. The third-order valence-corrected chi connectivity index (χ3v) is 5.45. The molecule has 6 heteroatoms. The number of anilines is 1. The quantitative estimate of drug-likeness (QED) is 0.853. The zero-order chi connectivity index (χ0) is 19.5. The van der Waals surface area contributed by atoms with Gasteiger partial charge in [-0.2, -0.15) is 0 Å². The SMILES string of the molecule is CCOc1ccc(NC(=O)N(C)C2CCC3(CC2)OCC(C)(C)CO3)cc1. The van der Waals surface area contributed by atoms with Gasteiger partial charge in [0.1, 0.15) is 5.75 Å². The van der Waals surface area contributed by atoms with E-state index in [9.17, 15) is 4.79 Å². The molecule has 1 aromatic carbocycles. The molecule has 150 valence electrons. The Labute approximate surface area is 162 Å². The van der Waals surface area contributed by atoms with Crippen molar-refractivity contribution in [2.75, 3.05) is 32.2 Å². The number of urea groups is 1. The largest absolute Gasteiger partial charge is 0.494 e. The lowest BCUT2D eigenvalue weighted by atomic mass is 9.86. The Balaban J connectivity index is 1.50. The van der Waals surface area contributed by atoms with Crippen LogP contribution in [0.15, 0.2) is 24.3 Å². The molecule has 6 nitrogen and oxygen atoms in total. The highest BCUT2D eigenvalue weighted by atomic mass is 16.7. The number of nitrogens with one attached hydrogen (secondary N) is 1. The van der Waals surface area contributed by atoms with Crippen molar-refractivity contribution in [3.8, 4) is 5.75 Å². The normalized spacial score (nSPS) is 21.6. The van der Waals surface area contributed by atoms with Crippen LogP contribution in [0.4, 0.5) is 10.5 Å². The molecule has 0 radical (unpaired) electrons. The molecule has 2 aliphatic rings.